The maximum Gasteiger partial charge on any atom is 0.291 e. The van der Waals surface area contributed by atoms with Gasteiger partial charge in [-0.3, -0.25) is 15.1 Å². The number of pyridine rings is 1. The number of halogens is 1. The summed E-state index contributed by atoms with van der Waals surface area (Å²) in [7, 11) is 0. The van der Waals surface area contributed by atoms with Crippen molar-refractivity contribution in [3.05, 3.63) is 32.5 Å². The Morgan fingerprint density at radius 2 is 2.43 bits per heavy atom. The zero-order chi connectivity index (χ0) is 10.6. The Balaban J connectivity index is 2.96. The highest BCUT2D eigenvalue weighted by atomic mass is 79.9. The van der Waals surface area contributed by atoms with E-state index in [4.69, 9.17) is 5.90 Å². The topological polar surface area (TPSA) is 91.3 Å². The van der Waals surface area contributed by atoms with Gasteiger partial charge in [0.15, 0.2) is 0 Å². The van der Waals surface area contributed by atoms with Crippen LogP contribution in [0.4, 0.5) is 5.69 Å². The third-order valence-corrected chi connectivity index (χ3v) is 2.00. The molecule has 1 heterocycles. The molecule has 6 nitrogen and oxygen atoms in total. The van der Waals surface area contributed by atoms with E-state index < -0.39 is 4.92 Å². The highest BCUT2D eigenvalue weighted by Gasteiger charge is 2.15. The van der Waals surface area contributed by atoms with E-state index in [2.05, 4.69) is 25.8 Å². The van der Waals surface area contributed by atoms with Gasteiger partial charge in [-0.15, -0.1) is 0 Å². The molecule has 0 unspecified atom stereocenters. The van der Waals surface area contributed by atoms with Gasteiger partial charge in [-0.2, -0.15) is 0 Å². The Morgan fingerprint density at radius 3 is 3.00 bits per heavy atom. The molecule has 0 aliphatic rings. The Bertz CT molecular complexity index is 345. The van der Waals surface area contributed by atoms with Crippen LogP contribution in [0.3, 0.4) is 0 Å². The smallest absolute Gasteiger partial charge is 0.291 e. The molecule has 76 valence electrons. The first kappa shape index (κ1) is 11.0. The summed E-state index contributed by atoms with van der Waals surface area (Å²) in [4.78, 5) is 18.4. The van der Waals surface area contributed by atoms with Gasteiger partial charge in [0.1, 0.15) is 5.69 Å². The lowest BCUT2D eigenvalue weighted by atomic mass is 10.2. The number of nitrogens with zero attached hydrogens (tertiary/aromatic N) is 2. The summed E-state index contributed by atoms with van der Waals surface area (Å²) < 4.78 is 0.571. The lowest BCUT2D eigenvalue weighted by Gasteiger charge is -2.01. The van der Waals surface area contributed by atoms with Crippen molar-refractivity contribution in [2.24, 2.45) is 5.90 Å². The minimum absolute atomic E-state index is 0.0311. The lowest BCUT2D eigenvalue weighted by molar-refractivity contribution is -0.386. The highest BCUT2D eigenvalue weighted by Crippen LogP contribution is 2.21. The van der Waals surface area contributed by atoms with Gasteiger partial charge in [-0.25, -0.2) is 5.90 Å². The van der Waals surface area contributed by atoms with Crippen molar-refractivity contribution in [1.82, 2.24) is 4.98 Å². The van der Waals surface area contributed by atoms with E-state index in [0.29, 0.717) is 16.6 Å². The molecule has 0 bridgehead atoms. The average molecular weight is 262 g/mol. The minimum Gasteiger partial charge on any atom is -0.304 e. The van der Waals surface area contributed by atoms with E-state index >= 15 is 0 Å². The molecule has 1 rings (SSSR count). The van der Waals surface area contributed by atoms with Crippen molar-refractivity contribution in [3.63, 3.8) is 0 Å². The summed E-state index contributed by atoms with van der Waals surface area (Å²) in [6, 6.07) is 1.40. The molecular formula is C7H8BrN3O3. The van der Waals surface area contributed by atoms with E-state index in [-0.39, 0.29) is 12.3 Å². The lowest BCUT2D eigenvalue weighted by Crippen LogP contribution is -2.07. The van der Waals surface area contributed by atoms with Crippen LogP contribution in [-0.2, 0) is 11.3 Å². The second-order valence-corrected chi connectivity index (χ2v) is 3.41. The number of nitrogens with two attached hydrogens (primary N) is 1. The molecule has 0 aliphatic carbocycles. The molecule has 0 radical (unpaired) electrons. The maximum atomic E-state index is 10.6. The van der Waals surface area contributed by atoms with Crippen LogP contribution >= 0.6 is 15.9 Å². The van der Waals surface area contributed by atoms with Gasteiger partial charge in [-0.1, -0.05) is 0 Å². The van der Waals surface area contributed by atoms with Gasteiger partial charge in [0, 0.05) is 23.2 Å². The van der Waals surface area contributed by atoms with E-state index in [0.717, 1.165) is 0 Å². The van der Waals surface area contributed by atoms with Crippen LogP contribution in [0.5, 0.6) is 0 Å². The Hall–Kier alpha value is -1.05. The van der Waals surface area contributed by atoms with Crippen molar-refractivity contribution in [1.29, 1.82) is 0 Å². The van der Waals surface area contributed by atoms with Gasteiger partial charge in [0.05, 0.1) is 11.5 Å². The van der Waals surface area contributed by atoms with Gasteiger partial charge in [0.25, 0.3) is 5.69 Å². The largest absolute Gasteiger partial charge is 0.304 e. The number of hydrogen-bond acceptors (Lipinski definition) is 5. The van der Waals surface area contributed by atoms with Crippen LogP contribution in [0.15, 0.2) is 16.7 Å². The number of aromatic nitrogens is 1. The summed E-state index contributed by atoms with van der Waals surface area (Å²) in [6.45, 7) is 0.204. The fourth-order valence-electron chi connectivity index (χ4n) is 0.963. The number of nitro groups is 1. The molecule has 7 heteroatoms. The predicted octanol–water partition coefficient (Wildman–Crippen LogP) is 1.19. The van der Waals surface area contributed by atoms with Crippen molar-refractivity contribution in [2.75, 3.05) is 6.61 Å². The van der Waals surface area contributed by atoms with Crippen molar-refractivity contribution < 1.29 is 9.76 Å². The quantitative estimate of drug-likeness (QED) is 0.649. The second-order valence-electron chi connectivity index (χ2n) is 2.50. The zero-order valence-corrected chi connectivity index (χ0v) is 8.73. The summed E-state index contributed by atoms with van der Waals surface area (Å²) in [5, 5.41) is 10.6. The molecule has 0 aliphatic heterocycles. The van der Waals surface area contributed by atoms with Gasteiger partial charge >= 0.3 is 0 Å². The molecule has 0 saturated heterocycles. The van der Waals surface area contributed by atoms with E-state index in [1.165, 1.54) is 12.3 Å². The zero-order valence-electron chi connectivity index (χ0n) is 7.14. The molecule has 1 aromatic rings. The fraction of sp³-hybridized carbons (Fsp3) is 0.286. The molecule has 0 amide bonds. The second kappa shape index (κ2) is 4.99. The number of rotatable bonds is 4. The van der Waals surface area contributed by atoms with Gasteiger partial charge in [0.2, 0.25) is 0 Å². The van der Waals surface area contributed by atoms with Gasteiger partial charge in [-0.05, 0) is 15.9 Å². The molecule has 0 spiro atoms. The van der Waals surface area contributed by atoms with Crippen LogP contribution < -0.4 is 5.90 Å². The first-order valence-electron chi connectivity index (χ1n) is 3.75. The van der Waals surface area contributed by atoms with Crippen molar-refractivity contribution in [2.45, 2.75) is 6.42 Å². The third kappa shape index (κ3) is 2.72. The van der Waals surface area contributed by atoms with Crippen LogP contribution in [0.25, 0.3) is 0 Å². The first-order valence-corrected chi connectivity index (χ1v) is 4.55. The molecule has 0 aromatic carbocycles. The predicted molar refractivity (Wildman–Crippen MR) is 52.4 cm³/mol. The van der Waals surface area contributed by atoms with E-state index in [1.54, 1.807) is 0 Å². The molecular weight excluding hydrogens is 254 g/mol. The van der Waals surface area contributed by atoms with Crippen LogP contribution in [0.2, 0.25) is 0 Å². The Kier molecular flexibility index (Phi) is 3.93. The summed E-state index contributed by atoms with van der Waals surface area (Å²) in [5.74, 6) is 4.83. The normalized spacial score (nSPS) is 10.1. The highest BCUT2D eigenvalue weighted by molar-refractivity contribution is 9.10. The molecule has 1 aromatic heterocycles. The van der Waals surface area contributed by atoms with E-state index in [1.807, 2.05) is 0 Å². The van der Waals surface area contributed by atoms with Crippen LogP contribution in [-0.4, -0.2) is 16.5 Å². The summed E-state index contributed by atoms with van der Waals surface area (Å²) in [5.41, 5.74) is 0.333. The molecule has 0 fully saturated rings. The Morgan fingerprint density at radius 1 is 1.71 bits per heavy atom. The summed E-state index contributed by atoms with van der Waals surface area (Å²) >= 11 is 3.11. The average Bonchev–Trinajstić information content (AvgIpc) is 2.15. The van der Waals surface area contributed by atoms with Gasteiger partial charge < -0.3 is 4.84 Å². The molecule has 0 atom stereocenters. The number of hydrogen-bond donors (Lipinski definition) is 1. The monoisotopic (exact) mass is 261 g/mol. The molecule has 14 heavy (non-hydrogen) atoms. The fourth-order valence-corrected chi connectivity index (χ4v) is 1.28. The standard InChI is InChI=1S/C7H8BrN3O3/c8-5-3-7(11(12)13)6(10-4-5)1-2-14-9/h3-4H,1-2,9H2. The SMILES string of the molecule is NOCCc1ncc(Br)cc1[N+](=O)[O-]. The Labute approximate surface area is 88.3 Å². The van der Waals surface area contributed by atoms with Crippen molar-refractivity contribution >= 4 is 21.6 Å². The third-order valence-electron chi connectivity index (χ3n) is 1.57. The summed E-state index contributed by atoms with van der Waals surface area (Å²) in [6.07, 6.45) is 1.82. The van der Waals surface area contributed by atoms with Crippen LogP contribution in [0.1, 0.15) is 5.69 Å². The van der Waals surface area contributed by atoms with E-state index in [9.17, 15) is 10.1 Å². The van der Waals surface area contributed by atoms with Crippen LogP contribution in [0, 0.1) is 10.1 Å². The maximum absolute atomic E-state index is 10.6. The molecule has 0 saturated carbocycles. The molecule has 2 N–H and O–H groups in total. The van der Waals surface area contributed by atoms with Crippen molar-refractivity contribution in [3.8, 4) is 0 Å². The first-order chi connectivity index (χ1) is 6.65. The minimum atomic E-state index is -0.483.